The van der Waals surface area contributed by atoms with E-state index in [0.29, 0.717) is 0 Å². The monoisotopic (exact) mass is 398 g/mol. The summed E-state index contributed by atoms with van der Waals surface area (Å²) in [6.07, 6.45) is 6.19. The Balaban J connectivity index is 4.48. The van der Waals surface area contributed by atoms with Crippen molar-refractivity contribution < 1.29 is 17.4 Å². The molecule has 0 heterocycles. The number of ether oxygens (including phenoxy) is 1. The van der Waals surface area contributed by atoms with Crippen molar-refractivity contribution in [2.24, 2.45) is 0 Å². The second-order valence-electron chi connectivity index (χ2n) is 4.37. The van der Waals surface area contributed by atoms with Crippen LogP contribution in [0.4, 0.5) is 0 Å². The second kappa shape index (κ2) is 10.5. The van der Waals surface area contributed by atoms with Gasteiger partial charge < -0.3 is 0 Å². The topological polar surface area (TPSA) is 52.6 Å². The molecule has 0 rings (SSSR count). The van der Waals surface area contributed by atoms with E-state index in [4.69, 9.17) is 12.0 Å². The molecule has 0 aromatic carbocycles. The molecule has 0 N–H and O–H groups in total. The fraction of sp³-hybridized carbons (Fsp3) is 0.692. The molecule has 4 nitrogen and oxygen atoms in total. The molecule has 0 amide bonds. The van der Waals surface area contributed by atoms with Crippen molar-refractivity contribution in [3.8, 4) is 0 Å². The van der Waals surface area contributed by atoms with E-state index in [1.54, 1.807) is 0 Å². The van der Waals surface area contributed by atoms with Gasteiger partial charge in [-0.15, -0.1) is 0 Å². The van der Waals surface area contributed by atoms with Gasteiger partial charge in [0.25, 0.3) is 0 Å². The van der Waals surface area contributed by atoms with E-state index in [1.165, 1.54) is 7.11 Å². The Morgan fingerprint density at radius 2 is 1.53 bits per heavy atom. The van der Waals surface area contributed by atoms with E-state index in [9.17, 15) is 9.59 Å². The summed E-state index contributed by atoms with van der Waals surface area (Å²) in [6.45, 7) is 4.17. The molecule has 0 aromatic heterocycles. The van der Waals surface area contributed by atoms with Crippen LogP contribution in [-0.4, -0.2) is 36.7 Å². The fourth-order valence-corrected chi connectivity index (χ4v) is 11.4. The number of unbranched alkanes of at least 4 members (excludes halogenated alkanes) is 2. The molecule has 0 aliphatic heterocycles. The molecule has 110 valence electrons. The van der Waals surface area contributed by atoms with Gasteiger partial charge in [-0.1, -0.05) is 0 Å². The Labute approximate surface area is 123 Å². The van der Waals surface area contributed by atoms with Gasteiger partial charge in [-0.25, -0.2) is 0 Å². The molecule has 0 unspecified atom stereocenters. The first kappa shape index (κ1) is 18.8. The molecule has 0 aliphatic carbocycles. The predicted octanol–water partition coefficient (Wildman–Crippen LogP) is 3.54. The second-order valence-corrected chi connectivity index (χ2v) is 17.5. The number of hydrogen-bond acceptors (Lipinski definition) is 4. The third-order valence-corrected chi connectivity index (χ3v) is 13.6. The van der Waals surface area contributed by atoms with E-state index in [0.717, 1.165) is 46.7 Å². The molecule has 0 atom stereocenters. The first-order chi connectivity index (χ1) is 8.97. The first-order valence-corrected chi connectivity index (χ1v) is 15.5. The summed E-state index contributed by atoms with van der Waals surface area (Å²) in [5.74, 6) is -1.10. The predicted molar refractivity (Wildman–Crippen MR) is 78.3 cm³/mol. The van der Waals surface area contributed by atoms with Crippen LogP contribution in [0.25, 0.3) is 0 Å². The van der Waals surface area contributed by atoms with Gasteiger partial charge in [-0.05, 0) is 0 Å². The van der Waals surface area contributed by atoms with Crippen molar-refractivity contribution in [1.82, 2.24) is 0 Å². The molecule has 0 saturated carbocycles. The van der Waals surface area contributed by atoms with E-state index >= 15 is 0 Å². The van der Waals surface area contributed by atoms with E-state index < -0.39 is 29.6 Å². The van der Waals surface area contributed by atoms with Crippen LogP contribution in [0.3, 0.4) is 0 Å². The van der Waals surface area contributed by atoms with Crippen molar-refractivity contribution in [3.05, 3.63) is 12.2 Å². The van der Waals surface area contributed by atoms with Crippen molar-refractivity contribution in [3.63, 3.8) is 0 Å². The normalized spacial score (nSPS) is 11.6. The Bertz CT molecular complexity index is 310. The average molecular weight is 397 g/mol. The van der Waals surface area contributed by atoms with Crippen LogP contribution in [0.2, 0.25) is 8.87 Å². The summed E-state index contributed by atoms with van der Waals surface area (Å²) in [7, 11) is 7.81. The quantitative estimate of drug-likeness (QED) is 0.339. The summed E-state index contributed by atoms with van der Waals surface area (Å²) >= 11 is -3.31. The molecule has 0 saturated heterocycles. The van der Waals surface area contributed by atoms with E-state index in [-0.39, 0.29) is 0 Å². The molecule has 0 spiro atoms. The van der Waals surface area contributed by atoms with Crippen LogP contribution in [0.5, 0.6) is 0 Å². The zero-order chi connectivity index (χ0) is 14.7. The molecule has 0 fully saturated rings. The SMILES string of the molecule is CCC[CH2][Sn]([Cl])([CH2]CCC)[O]C(=O)/C=C\C(=O)OC. The first-order valence-electron chi connectivity index (χ1n) is 6.65. The summed E-state index contributed by atoms with van der Waals surface area (Å²) in [5, 5.41) is 0. The van der Waals surface area contributed by atoms with Crippen LogP contribution in [0.15, 0.2) is 12.2 Å². The van der Waals surface area contributed by atoms with Gasteiger partial charge in [-0.3, -0.25) is 0 Å². The number of methoxy groups -OCH3 is 1. The molecule has 0 bridgehead atoms. The van der Waals surface area contributed by atoms with Gasteiger partial charge in [0.05, 0.1) is 0 Å². The van der Waals surface area contributed by atoms with Crippen molar-refractivity contribution in [2.45, 2.75) is 48.4 Å². The number of carbonyl (C=O) groups excluding carboxylic acids is 2. The van der Waals surface area contributed by atoms with E-state index in [2.05, 4.69) is 18.6 Å². The zero-order valence-electron chi connectivity index (χ0n) is 11.9. The van der Waals surface area contributed by atoms with Gasteiger partial charge in [0.15, 0.2) is 0 Å². The maximum absolute atomic E-state index is 11.7. The van der Waals surface area contributed by atoms with Crippen LogP contribution in [0, 0.1) is 0 Å². The summed E-state index contributed by atoms with van der Waals surface area (Å²) in [6, 6.07) is 0. The minimum absolute atomic E-state index is 0.525. The number of rotatable bonds is 9. The van der Waals surface area contributed by atoms with Gasteiger partial charge in [0.1, 0.15) is 0 Å². The van der Waals surface area contributed by atoms with Crippen molar-refractivity contribution in [1.29, 1.82) is 0 Å². The van der Waals surface area contributed by atoms with Gasteiger partial charge in [-0.2, -0.15) is 0 Å². The fourth-order valence-electron chi connectivity index (χ4n) is 1.53. The summed E-state index contributed by atoms with van der Waals surface area (Å²) in [5.41, 5.74) is 0. The average Bonchev–Trinajstić information content (AvgIpc) is 2.40. The standard InChI is InChI=1S/C5H6O4.2C4H9.ClH.Sn/c1-9-5(8)3-2-4(6)7;2*1-3-4-2;;/h2-3H,1H3,(H,6,7);2*1,3-4H2,2H3;1H;/q;;;;+2/p-2/b3-2-;;;;. The number of hydrogen-bond donors (Lipinski definition) is 0. The summed E-state index contributed by atoms with van der Waals surface area (Å²) in [4.78, 5) is 22.5. The van der Waals surface area contributed by atoms with Crippen molar-refractivity contribution >= 4 is 38.5 Å². The van der Waals surface area contributed by atoms with Crippen LogP contribution < -0.4 is 0 Å². The molecular formula is C13H23ClO4Sn. The third-order valence-electron chi connectivity index (χ3n) is 2.65. The third kappa shape index (κ3) is 9.32. The van der Waals surface area contributed by atoms with Crippen LogP contribution in [0.1, 0.15) is 39.5 Å². The van der Waals surface area contributed by atoms with Gasteiger partial charge in [0.2, 0.25) is 0 Å². The molecule has 6 heteroatoms. The summed E-state index contributed by atoms with van der Waals surface area (Å²) < 4.78 is 11.5. The number of halogens is 1. The molecule has 0 aliphatic rings. The van der Waals surface area contributed by atoms with Gasteiger partial charge in [0, 0.05) is 0 Å². The molecular weight excluding hydrogens is 374 g/mol. The number of esters is 1. The zero-order valence-corrected chi connectivity index (χ0v) is 15.5. The van der Waals surface area contributed by atoms with Crippen LogP contribution >= 0.6 is 8.92 Å². The minimum atomic E-state index is -3.31. The maximum atomic E-state index is 11.7. The molecule has 0 radical (unpaired) electrons. The molecule has 0 aromatic rings. The van der Waals surface area contributed by atoms with Crippen LogP contribution in [-0.2, 0) is 17.4 Å². The Kier molecular flexibility index (Phi) is 10.4. The van der Waals surface area contributed by atoms with Gasteiger partial charge >= 0.3 is 124 Å². The molecule has 19 heavy (non-hydrogen) atoms. The Hall–Kier alpha value is -0.231. The Morgan fingerprint density at radius 1 is 1.05 bits per heavy atom. The van der Waals surface area contributed by atoms with E-state index in [1.807, 2.05) is 0 Å². The Morgan fingerprint density at radius 3 is 1.95 bits per heavy atom. The number of carbonyl (C=O) groups is 2. The van der Waals surface area contributed by atoms with Crippen molar-refractivity contribution in [2.75, 3.05) is 7.11 Å².